The van der Waals surface area contributed by atoms with Crippen molar-refractivity contribution in [2.75, 3.05) is 0 Å². The zero-order valence-electron chi connectivity index (χ0n) is 6.70. The van der Waals surface area contributed by atoms with Crippen molar-refractivity contribution in [2.45, 2.75) is 19.4 Å². The van der Waals surface area contributed by atoms with Gasteiger partial charge in [0.05, 0.1) is 16.2 Å². The van der Waals surface area contributed by atoms with E-state index in [2.05, 4.69) is 5.10 Å². The highest BCUT2D eigenvalue weighted by Crippen LogP contribution is 2.13. The highest BCUT2D eigenvalue weighted by molar-refractivity contribution is 7.80. The van der Waals surface area contributed by atoms with Crippen LogP contribution in [0.4, 0.5) is 0 Å². The van der Waals surface area contributed by atoms with E-state index in [9.17, 15) is 0 Å². The molecule has 0 radical (unpaired) electrons. The minimum absolute atomic E-state index is 0.0208. The molecule has 1 atom stereocenters. The summed E-state index contributed by atoms with van der Waals surface area (Å²) >= 11 is 10.6. The molecule has 66 valence electrons. The van der Waals surface area contributed by atoms with Crippen LogP contribution >= 0.6 is 23.8 Å². The summed E-state index contributed by atoms with van der Waals surface area (Å²) < 4.78 is 1.69. The summed E-state index contributed by atoms with van der Waals surface area (Å²) in [5, 5.41) is 4.63. The molecule has 0 bridgehead atoms. The number of aromatic nitrogens is 2. The van der Waals surface area contributed by atoms with Gasteiger partial charge in [-0.2, -0.15) is 5.10 Å². The van der Waals surface area contributed by atoms with Crippen LogP contribution in [-0.2, 0) is 0 Å². The number of nitrogens with two attached hydrogens (primary N) is 1. The Labute approximate surface area is 81.5 Å². The average Bonchev–Trinajstić information content (AvgIpc) is 2.37. The molecule has 0 fully saturated rings. The van der Waals surface area contributed by atoms with Gasteiger partial charge in [-0.3, -0.25) is 4.68 Å². The maximum Gasteiger partial charge on any atom is 0.101 e. The summed E-state index contributed by atoms with van der Waals surface area (Å²) in [4.78, 5) is 0.442. The third-order valence-electron chi connectivity index (χ3n) is 1.60. The normalized spacial score (nSPS) is 12.8. The van der Waals surface area contributed by atoms with Crippen molar-refractivity contribution in [3.63, 3.8) is 0 Å². The van der Waals surface area contributed by atoms with Gasteiger partial charge in [-0.1, -0.05) is 30.7 Å². The van der Waals surface area contributed by atoms with Gasteiger partial charge in [0.1, 0.15) is 6.04 Å². The topological polar surface area (TPSA) is 43.8 Å². The van der Waals surface area contributed by atoms with Crippen molar-refractivity contribution in [1.82, 2.24) is 9.78 Å². The van der Waals surface area contributed by atoms with E-state index in [0.29, 0.717) is 10.0 Å². The quantitative estimate of drug-likeness (QED) is 0.762. The fourth-order valence-corrected chi connectivity index (χ4v) is 1.42. The van der Waals surface area contributed by atoms with E-state index in [1.165, 1.54) is 0 Å². The molecule has 5 heteroatoms. The zero-order chi connectivity index (χ0) is 9.14. The largest absolute Gasteiger partial charge is 0.392 e. The average molecular weight is 204 g/mol. The van der Waals surface area contributed by atoms with Gasteiger partial charge in [0.15, 0.2) is 0 Å². The number of hydrogen-bond donors (Lipinski definition) is 1. The third-order valence-corrected chi connectivity index (χ3v) is 2.07. The molecular formula is C7H10ClN3S. The van der Waals surface area contributed by atoms with Crippen molar-refractivity contribution in [1.29, 1.82) is 0 Å². The molecule has 0 aliphatic carbocycles. The molecule has 1 rings (SSSR count). The van der Waals surface area contributed by atoms with Gasteiger partial charge in [0.2, 0.25) is 0 Å². The fraction of sp³-hybridized carbons (Fsp3) is 0.429. The predicted molar refractivity (Wildman–Crippen MR) is 53.4 cm³/mol. The van der Waals surface area contributed by atoms with Gasteiger partial charge >= 0.3 is 0 Å². The molecule has 3 nitrogen and oxygen atoms in total. The molecule has 0 aliphatic rings. The smallest absolute Gasteiger partial charge is 0.101 e. The van der Waals surface area contributed by atoms with Crippen LogP contribution in [0, 0.1) is 0 Å². The number of hydrogen-bond acceptors (Lipinski definition) is 2. The molecule has 1 aromatic heterocycles. The fourth-order valence-electron chi connectivity index (χ4n) is 1.00. The monoisotopic (exact) mass is 203 g/mol. The number of rotatable bonds is 3. The second-order valence-corrected chi connectivity index (χ2v) is 3.37. The van der Waals surface area contributed by atoms with Crippen LogP contribution in [0.15, 0.2) is 12.4 Å². The first-order chi connectivity index (χ1) is 5.65. The van der Waals surface area contributed by atoms with Crippen molar-refractivity contribution >= 4 is 28.8 Å². The van der Waals surface area contributed by atoms with Gasteiger partial charge in [0, 0.05) is 6.20 Å². The lowest BCUT2D eigenvalue weighted by molar-refractivity contribution is 0.554. The van der Waals surface area contributed by atoms with Crippen LogP contribution in [0.1, 0.15) is 19.4 Å². The minimum atomic E-state index is -0.0208. The Morgan fingerprint density at radius 3 is 2.92 bits per heavy atom. The second kappa shape index (κ2) is 3.87. The van der Waals surface area contributed by atoms with E-state index in [1.54, 1.807) is 17.1 Å². The van der Waals surface area contributed by atoms with E-state index < -0.39 is 0 Å². The summed E-state index contributed by atoms with van der Waals surface area (Å²) in [5.41, 5.74) is 5.52. The van der Waals surface area contributed by atoms with Crippen molar-refractivity contribution in [2.24, 2.45) is 5.73 Å². The summed E-state index contributed by atoms with van der Waals surface area (Å²) in [5.74, 6) is 0. The molecule has 1 aromatic rings. The summed E-state index contributed by atoms with van der Waals surface area (Å²) in [6.07, 6.45) is 4.12. The van der Waals surface area contributed by atoms with Crippen LogP contribution in [0.2, 0.25) is 5.02 Å². The van der Waals surface area contributed by atoms with Crippen LogP contribution in [0.25, 0.3) is 0 Å². The maximum absolute atomic E-state index is 5.70. The van der Waals surface area contributed by atoms with Crippen molar-refractivity contribution in [3.05, 3.63) is 17.4 Å². The Morgan fingerprint density at radius 2 is 2.58 bits per heavy atom. The molecule has 2 N–H and O–H groups in total. The maximum atomic E-state index is 5.70. The highest BCUT2D eigenvalue weighted by atomic mass is 35.5. The molecule has 12 heavy (non-hydrogen) atoms. The van der Waals surface area contributed by atoms with E-state index in [0.717, 1.165) is 6.42 Å². The number of thiocarbonyl (C=S) groups is 1. The highest BCUT2D eigenvalue weighted by Gasteiger charge is 2.11. The summed E-state index contributed by atoms with van der Waals surface area (Å²) in [6, 6.07) is -0.0208. The summed E-state index contributed by atoms with van der Waals surface area (Å²) in [6.45, 7) is 2.00. The molecule has 0 saturated carbocycles. The van der Waals surface area contributed by atoms with Gasteiger partial charge in [-0.05, 0) is 6.42 Å². The van der Waals surface area contributed by atoms with Gasteiger partial charge in [0.25, 0.3) is 0 Å². The van der Waals surface area contributed by atoms with Gasteiger partial charge in [-0.15, -0.1) is 0 Å². The van der Waals surface area contributed by atoms with E-state index in [4.69, 9.17) is 29.6 Å². The first-order valence-corrected chi connectivity index (χ1v) is 4.42. The second-order valence-electron chi connectivity index (χ2n) is 2.46. The standard InChI is InChI=1S/C7H10ClN3S/c1-2-6(7(9)12)11-4-5(8)3-10-11/h3-4,6H,2H2,1H3,(H2,9,12). The van der Waals surface area contributed by atoms with Gasteiger partial charge in [-0.25, -0.2) is 0 Å². The lowest BCUT2D eigenvalue weighted by Crippen LogP contribution is -2.24. The van der Waals surface area contributed by atoms with E-state index >= 15 is 0 Å². The Hall–Kier alpha value is -0.610. The van der Waals surface area contributed by atoms with E-state index in [1.807, 2.05) is 6.92 Å². The first kappa shape index (κ1) is 9.48. The van der Waals surface area contributed by atoms with Gasteiger partial charge < -0.3 is 5.73 Å². The van der Waals surface area contributed by atoms with Crippen LogP contribution in [-0.4, -0.2) is 14.8 Å². The Morgan fingerprint density at radius 1 is 1.92 bits per heavy atom. The first-order valence-electron chi connectivity index (χ1n) is 3.64. The molecule has 0 aliphatic heterocycles. The van der Waals surface area contributed by atoms with Crippen LogP contribution in [0.5, 0.6) is 0 Å². The number of halogens is 1. The minimum Gasteiger partial charge on any atom is -0.392 e. The van der Waals surface area contributed by atoms with Crippen LogP contribution in [0.3, 0.4) is 0 Å². The molecule has 0 spiro atoms. The lowest BCUT2D eigenvalue weighted by Gasteiger charge is -2.12. The van der Waals surface area contributed by atoms with Crippen molar-refractivity contribution < 1.29 is 0 Å². The Bertz CT molecular complexity index is 284. The van der Waals surface area contributed by atoms with E-state index in [-0.39, 0.29) is 6.04 Å². The molecular weight excluding hydrogens is 194 g/mol. The predicted octanol–water partition coefficient (Wildman–Crippen LogP) is 1.77. The lowest BCUT2D eigenvalue weighted by atomic mass is 10.2. The van der Waals surface area contributed by atoms with Crippen molar-refractivity contribution in [3.8, 4) is 0 Å². The Balaban J connectivity index is 2.87. The summed E-state index contributed by atoms with van der Waals surface area (Å²) in [7, 11) is 0. The molecule has 1 unspecified atom stereocenters. The molecule has 0 saturated heterocycles. The molecule has 1 heterocycles. The number of nitrogens with zero attached hydrogens (tertiary/aromatic N) is 2. The zero-order valence-corrected chi connectivity index (χ0v) is 8.27. The Kier molecular flexibility index (Phi) is 3.05. The molecule has 0 amide bonds. The SMILES string of the molecule is CCC(C(N)=S)n1cc(Cl)cn1. The third kappa shape index (κ3) is 1.95. The van der Waals surface area contributed by atoms with Crippen LogP contribution < -0.4 is 5.73 Å². The molecule has 0 aromatic carbocycles.